The summed E-state index contributed by atoms with van der Waals surface area (Å²) < 4.78 is 29.6. The molecule has 9 nitrogen and oxygen atoms in total. The van der Waals surface area contributed by atoms with Crippen molar-refractivity contribution in [3.05, 3.63) is 36.0 Å². The van der Waals surface area contributed by atoms with Crippen molar-refractivity contribution in [2.45, 2.75) is 36.5 Å². The van der Waals surface area contributed by atoms with Gasteiger partial charge < -0.3 is 20.3 Å². The van der Waals surface area contributed by atoms with Crippen LogP contribution >= 0.6 is 0 Å². The lowest BCUT2D eigenvalue weighted by Gasteiger charge is -2.29. The predicted octanol–water partition coefficient (Wildman–Crippen LogP) is 2.30. The summed E-state index contributed by atoms with van der Waals surface area (Å²) in [5.74, 6) is 1.20. The molecule has 0 spiro atoms. The van der Waals surface area contributed by atoms with Crippen molar-refractivity contribution < 1.29 is 17.9 Å². The molecule has 0 bridgehead atoms. The molecule has 2 N–H and O–H groups in total. The maximum Gasteiger partial charge on any atom is 0.319 e. The quantitative estimate of drug-likeness (QED) is 0.684. The summed E-state index contributed by atoms with van der Waals surface area (Å²) in [5, 5.41) is 5.72. The van der Waals surface area contributed by atoms with Gasteiger partial charge in [0, 0.05) is 42.7 Å². The van der Waals surface area contributed by atoms with Crippen LogP contribution in [0.1, 0.15) is 31.4 Å². The molecule has 1 aliphatic heterocycles. The molecular formula is C22H27N5O4S. The molecule has 5 rings (SSSR count). The Bertz CT molecular complexity index is 1120. The standard InChI is InChI=1S/C22H27N5O4S/c1-32(29,30)22(8-9-22)18-14-19(27-10-12-31-13-11-27)26-20(25-18)15-2-4-16(5-3-15)23-21(28)24-17-6-7-17/h2-5,14,17H,6-13H2,1H3,(H2,23,24,28). The smallest absolute Gasteiger partial charge is 0.319 e. The van der Waals surface area contributed by atoms with E-state index in [0.717, 1.165) is 18.4 Å². The van der Waals surface area contributed by atoms with Crippen LogP contribution in [0.25, 0.3) is 11.4 Å². The molecule has 3 fully saturated rings. The monoisotopic (exact) mass is 457 g/mol. The number of amides is 2. The normalized spacial score (nSPS) is 20.0. The minimum Gasteiger partial charge on any atom is -0.378 e. The lowest BCUT2D eigenvalue weighted by atomic mass is 10.1. The van der Waals surface area contributed by atoms with Gasteiger partial charge in [0.2, 0.25) is 0 Å². The lowest BCUT2D eigenvalue weighted by Crippen LogP contribution is -2.37. The number of urea groups is 1. The van der Waals surface area contributed by atoms with Gasteiger partial charge in [0.15, 0.2) is 15.7 Å². The van der Waals surface area contributed by atoms with Gasteiger partial charge in [-0.2, -0.15) is 0 Å². The number of hydrogen-bond donors (Lipinski definition) is 2. The van der Waals surface area contributed by atoms with Crippen LogP contribution in [0.2, 0.25) is 0 Å². The fourth-order valence-corrected chi connectivity index (χ4v) is 5.29. The third-order valence-corrected chi connectivity index (χ3v) is 8.28. The van der Waals surface area contributed by atoms with Crippen LogP contribution in [-0.4, -0.2) is 63.0 Å². The molecular weight excluding hydrogens is 430 g/mol. The zero-order valence-corrected chi connectivity index (χ0v) is 18.8. The summed E-state index contributed by atoms with van der Waals surface area (Å²) in [5.41, 5.74) is 1.99. The van der Waals surface area contributed by atoms with Crippen LogP contribution in [0.4, 0.5) is 16.3 Å². The third kappa shape index (κ3) is 4.29. The minimum atomic E-state index is -3.30. The summed E-state index contributed by atoms with van der Waals surface area (Å²) in [4.78, 5) is 23.5. The van der Waals surface area contributed by atoms with Crippen LogP contribution < -0.4 is 15.5 Å². The Morgan fingerprint density at radius 2 is 1.81 bits per heavy atom. The average Bonchev–Trinajstić information content (AvgIpc) is 3.69. The number of carbonyl (C=O) groups excluding carboxylic acids is 1. The van der Waals surface area contributed by atoms with E-state index in [1.54, 1.807) is 12.1 Å². The first kappa shape index (κ1) is 21.1. The van der Waals surface area contributed by atoms with Crippen molar-refractivity contribution in [2.24, 2.45) is 0 Å². The Morgan fingerprint density at radius 1 is 1.12 bits per heavy atom. The molecule has 2 heterocycles. The summed E-state index contributed by atoms with van der Waals surface area (Å²) in [6.07, 6.45) is 4.48. The molecule has 1 saturated heterocycles. The van der Waals surface area contributed by atoms with E-state index in [1.807, 2.05) is 18.2 Å². The van der Waals surface area contributed by atoms with E-state index in [9.17, 15) is 13.2 Å². The largest absolute Gasteiger partial charge is 0.378 e. The van der Waals surface area contributed by atoms with Crippen molar-refractivity contribution in [3.8, 4) is 11.4 Å². The van der Waals surface area contributed by atoms with Gasteiger partial charge in [-0.05, 0) is 49.9 Å². The molecule has 3 aliphatic rings. The van der Waals surface area contributed by atoms with Crippen molar-refractivity contribution in [3.63, 3.8) is 0 Å². The number of benzene rings is 1. The second-order valence-electron chi connectivity index (χ2n) is 8.75. The fraction of sp³-hybridized carbons (Fsp3) is 0.500. The van der Waals surface area contributed by atoms with E-state index in [4.69, 9.17) is 9.72 Å². The molecule has 0 unspecified atom stereocenters. The number of ether oxygens (including phenoxy) is 1. The molecule has 1 aromatic heterocycles. The van der Waals surface area contributed by atoms with Crippen LogP contribution in [0.5, 0.6) is 0 Å². The van der Waals surface area contributed by atoms with E-state index < -0.39 is 14.6 Å². The number of morpholine rings is 1. The van der Waals surface area contributed by atoms with Crippen LogP contribution in [-0.2, 0) is 19.3 Å². The number of aromatic nitrogens is 2. The Kier molecular flexibility index (Phi) is 5.29. The number of anilines is 2. The highest BCUT2D eigenvalue weighted by molar-refractivity contribution is 7.91. The molecule has 32 heavy (non-hydrogen) atoms. The highest BCUT2D eigenvalue weighted by Gasteiger charge is 2.55. The Morgan fingerprint density at radius 3 is 2.41 bits per heavy atom. The van der Waals surface area contributed by atoms with E-state index in [2.05, 4.69) is 20.5 Å². The highest BCUT2D eigenvalue weighted by atomic mass is 32.2. The number of carbonyl (C=O) groups is 1. The van der Waals surface area contributed by atoms with Gasteiger partial charge in [-0.1, -0.05) is 0 Å². The van der Waals surface area contributed by atoms with Crippen molar-refractivity contribution >= 4 is 27.4 Å². The van der Waals surface area contributed by atoms with Crippen molar-refractivity contribution in [1.82, 2.24) is 15.3 Å². The fourth-order valence-electron chi connectivity index (χ4n) is 3.96. The molecule has 2 aromatic rings. The van der Waals surface area contributed by atoms with Gasteiger partial charge in [0.05, 0.1) is 18.9 Å². The van der Waals surface area contributed by atoms with Gasteiger partial charge in [-0.15, -0.1) is 0 Å². The Hall–Kier alpha value is -2.72. The molecule has 2 amide bonds. The molecule has 2 saturated carbocycles. The van der Waals surface area contributed by atoms with Crippen molar-refractivity contribution in [1.29, 1.82) is 0 Å². The molecule has 1 aromatic carbocycles. The molecule has 2 aliphatic carbocycles. The molecule has 0 radical (unpaired) electrons. The number of rotatable bonds is 6. The van der Waals surface area contributed by atoms with Crippen molar-refractivity contribution in [2.75, 3.05) is 42.8 Å². The zero-order valence-electron chi connectivity index (χ0n) is 18.0. The van der Waals surface area contributed by atoms with Gasteiger partial charge >= 0.3 is 6.03 Å². The van der Waals surface area contributed by atoms with Gasteiger partial charge in [-0.25, -0.2) is 23.2 Å². The minimum absolute atomic E-state index is 0.211. The first-order valence-corrected chi connectivity index (χ1v) is 12.8. The SMILES string of the molecule is CS(=O)(=O)C1(c2cc(N3CCOCC3)nc(-c3ccc(NC(=O)NC4CC4)cc3)n2)CC1. The molecule has 10 heteroatoms. The first-order valence-electron chi connectivity index (χ1n) is 10.9. The predicted molar refractivity (Wildman–Crippen MR) is 121 cm³/mol. The molecule has 170 valence electrons. The van der Waals surface area contributed by atoms with E-state index in [0.29, 0.717) is 62.2 Å². The summed E-state index contributed by atoms with van der Waals surface area (Å²) >= 11 is 0. The van der Waals surface area contributed by atoms with E-state index in [1.165, 1.54) is 6.26 Å². The lowest BCUT2D eigenvalue weighted by molar-refractivity contribution is 0.122. The second kappa shape index (κ2) is 8.00. The first-order chi connectivity index (χ1) is 15.3. The number of nitrogens with zero attached hydrogens (tertiary/aromatic N) is 3. The topological polar surface area (TPSA) is 114 Å². The zero-order chi connectivity index (χ0) is 22.3. The van der Waals surface area contributed by atoms with Crippen LogP contribution in [0.3, 0.4) is 0 Å². The third-order valence-electron chi connectivity index (χ3n) is 6.24. The number of hydrogen-bond acceptors (Lipinski definition) is 7. The Labute approximate surface area is 187 Å². The molecule has 0 atom stereocenters. The van der Waals surface area contributed by atoms with Gasteiger partial charge in [0.1, 0.15) is 10.6 Å². The van der Waals surface area contributed by atoms with Crippen LogP contribution in [0.15, 0.2) is 30.3 Å². The van der Waals surface area contributed by atoms with Crippen LogP contribution in [0, 0.1) is 0 Å². The second-order valence-corrected chi connectivity index (χ2v) is 11.1. The maximum absolute atomic E-state index is 12.5. The van der Waals surface area contributed by atoms with Gasteiger partial charge in [0.25, 0.3) is 0 Å². The van der Waals surface area contributed by atoms with Gasteiger partial charge in [-0.3, -0.25) is 0 Å². The Balaban J connectivity index is 1.45. The number of nitrogens with one attached hydrogen (secondary N) is 2. The van der Waals surface area contributed by atoms with E-state index >= 15 is 0 Å². The average molecular weight is 458 g/mol. The number of sulfone groups is 1. The highest BCUT2D eigenvalue weighted by Crippen LogP contribution is 2.52. The van der Waals surface area contributed by atoms with E-state index in [-0.39, 0.29) is 12.1 Å². The summed E-state index contributed by atoms with van der Waals surface area (Å²) in [6.45, 7) is 2.60. The maximum atomic E-state index is 12.5. The summed E-state index contributed by atoms with van der Waals surface area (Å²) in [6, 6.07) is 9.18. The summed E-state index contributed by atoms with van der Waals surface area (Å²) in [7, 11) is -3.30.